The largest absolute Gasteiger partial charge is 0.497 e. The molecule has 6 nitrogen and oxygen atoms in total. The molecule has 2 aromatic rings. The Morgan fingerprint density at radius 3 is 2.54 bits per heavy atom. The molecule has 144 valence electrons. The summed E-state index contributed by atoms with van der Waals surface area (Å²) in [5, 5.41) is 0. The van der Waals surface area contributed by atoms with Crippen molar-refractivity contribution in [1.29, 1.82) is 0 Å². The molecule has 0 N–H and O–H groups in total. The molecule has 0 aromatic heterocycles. The van der Waals surface area contributed by atoms with Gasteiger partial charge in [-0.15, -0.1) is 0 Å². The highest BCUT2D eigenvalue weighted by atomic mass is 32.2. The molecule has 2 aliphatic heterocycles. The zero-order chi connectivity index (χ0) is 19.7. The molecule has 0 radical (unpaired) electrons. The van der Waals surface area contributed by atoms with Crippen LogP contribution in [0.3, 0.4) is 0 Å². The number of hydrogen-bond acceptors (Lipinski definition) is 7. The summed E-state index contributed by atoms with van der Waals surface area (Å²) in [6, 6.07) is 11.1. The molecule has 2 aromatic carbocycles. The fourth-order valence-corrected chi connectivity index (χ4v) is 4.17. The van der Waals surface area contributed by atoms with Crippen LogP contribution >= 0.6 is 24.0 Å². The Hall–Kier alpha value is -2.71. The monoisotopic (exact) mass is 415 g/mol. The maximum Gasteiger partial charge on any atom is 0.266 e. The first-order valence-electron chi connectivity index (χ1n) is 8.45. The molecule has 0 unspecified atom stereocenters. The molecular weight excluding hydrogens is 398 g/mol. The van der Waals surface area contributed by atoms with Crippen LogP contribution in [-0.4, -0.2) is 36.1 Å². The second-order valence-corrected chi connectivity index (χ2v) is 7.74. The highest BCUT2D eigenvalue weighted by Gasteiger charge is 2.32. The Morgan fingerprint density at radius 1 is 1.14 bits per heavy atom. The van der Waals surface area contributed by atoms with Crippen LogP contribution in [0.15, 0.2) is 41.3 Å². The molecule has 0 bridgehead atoms. The number of carbonyl (C=O) groups excluding carboxylic acids is 1. The van der Waals surface area contributed by atoms with E-state index < -0.39 is 0 Å². The number of methoxy groups -OCH3 is 2. The minimum atomic E-state index is -0.134. The van der Waals surface area contributed by atoms with Gasteiger partial charge in [0.05, 0.1) is 25.7 Å². The molecule has 1 saturated heterocycles. The lowest BCUT2D eigenvalue weighted by atomic mass is 10.1. The van der Waals surface area contributed by atoms with Gasteiger partial charge in [-0.05, 0) is 29.8 Å². The molecule has 1 amide bonds. The van der Waals surface area contributed by atoms with Crippen molar-refractivity contribution < 1.29 is 23.7 Å². The molecule has 0 saturated carbocycles. The van der Waals surface area contributed by atoms with Crippen LogP contribution in [0.25, 0.3) is 6.08 Å². The highest BCUT2D eigenvalue weighted by Crippen LogP contribution is 2.41. The van der Waals surface area contributed by atoms with E-state index in [0.717, 1.165) is 16.9 Å². The van der Waals surface area contributed by atoms with Crippen molar-refractivity contribution in [2.24, 2.45) is 0 Å². The fraction of sp³-hybridized carbons (Fsp3) is 0.200. The van der Waals surface area contributed by atoms with Gasteiger partial charge in [0.25, 0.3) is 5.91 Å². The van der Waals surface area contributed by atoms with E-state index in [1.807, 2.05) is 24.3 Å². The first kappa shape index (κ1) is 18.6. The predicted molar refractivity (Wildman–Crippen MR) is 111 cm³/mol. The van der Waals surface area contributed by atoms with Crippen molar-refractivity contribution in [3.8, 4) is 23.0 Å². The Labute approximate surface area is 172 Å². The number of thiocarbonyl (C=S) groups is 1. The Morgan fingerprint density at radius 2 is 1.86 bits per heavy atom. The molecule has 0 aliphatic carbocycles. The summed E-state index contributed by atoms with van der Waals surface area (Å²) in [4.78, 5) is 15.0. The molecule has 0 atom stereocenters. The van der Waals surface area contributed by atoms with E-state index in [-0.39, 0.29) is 12.7 Å². The summed E-state index contributed by atoms with van der Waals surface area (Å²) in [5.41, 5.74) is 1.70. The van der Waals surface area contributed by atoms with E-state index in [1.54, 1.807) is 37.3 Å². The van der Waals surface area contributed by atoms with Crippen molar-refractivity contribution in [1.82, 2.24) is 4.90 Å². The summed E-state index contributed by atoms with van der Waals surface area (Å²) in [6.07, 6.45) is 1.77. The number of benzene rings is 2. The molecule has 4 rings (SSSR count). The SMILES string of the molecule is COc1ccc(CN2C(=O)C(=Cc3cc4c(cc3OC)OCO4)SC2=S)cc1. The average molecular weight is 415 g/mol. The lowest BCUT2D eigenvalue weighted by Gasteiger charge is -2.14. The summed E-state index contributed by atoms with van der Waals surface area (Å²) >= 11 is 6.70. The van der Waals surface area contributed by atoms with Gasteiger partial charge in [0, 0.05) is 11.6 Å². The van der Waals surface area contributed by atoms with Crippen molar-refractivity contribution in [3.05, 3.63) is 52.4 Å². The van der Waals surface area contributed by atoms with Crippen LogP contribution in [0.1, 0.15) is 11.1 Å². The third kappa shape index (κ3) is 3.53. The second-order valence-electron chi connectivity index (χ2n) is 6.06. The molecule has 1 fully saturated rings. The predicted octanol–water partition coefficient (Wildman–Crippen LogP) is 3.83. The highest BCUT2D eigenvalue weighted by molar-refractivity contribution is 8.26. The number of thioether (sulfide) groups is 1. The minimum absolute atomic E-state index is 0.134. The fourth-order valence-electron chi connectivity index (χ4n) is 2.92. The van der Waals surface area contributed by atoms with Gasteiger partial charge in [-0.3, -0.25) is 9.69 Å². The summed E-state index contributed by atoms with van der Waals surface area (Å²) in [6.45, 7) is 0.580. The first-order valence-corrected chi connectivity index (χ1v) is 9.67. The number of nitrogens with zero attached hydrogens (tertiary/aromatic N) is 1. The van der Waals surface area contributed by atoms with Gasteiger partial charge in [-0.25, -0.2) is 0 Å². The summed E-state index contributed by atoms with van der Waals surface area (Å²) < 4.78 is 21.9. The van der Waals surface area contributed by atoms with Crippen molar-refractivity contribution in [2.75, 3.05) is 21.0 Å². The molecular formula is C20H17NO5S2. The van der Waals surface area contributed by atoms with Gasteiger partial charge in [-0.2, -0.15) is 0 Å². The average Bonchev–Trinajstić information content (AvgIpc) is 3.27. The van der Waals surface area contributed by atoms with Crippen LogP contribution in [0, 0.1) is 0 Å². The quantitative estimate of drug-likeness (QED) is 0.543. The second kappa shape index (κ2) is 7.73. The Balaban J connectivity index is 1.58. The van der Waals surface area contributed by atoms with Crippen LogP contribution in [-0.2, 0) is 11.3 Å². The lowest BCUT2D eigenvalue weighted by molar-refractivity contribution is -0.122. The van der Waals surface area contributed by atoms with Gasteiger partial charge in [0.2, 0.25) is 6.79 Å². The number of ether oxygens (including phenoxy) is 4. The number of fused-ring (bicyclic) bond motifs is 1. The van der Waals surface area contributed by atoms with E-state index in [1.165, 1.54) is 11.8 Å². The topological polar surface area (TPSA) is 57.2 Å². The van der Waals surface area contributed by atoms with E-state index in [9.17, 15) is 4.79 Å². The third-order valence-electron chi connectivity index (χ3n) is 4.38. The zero-order valence-corrected chi connectivity index (χ0v) is 16.9. The maximum absolute atomic E-state index is 12.9. The van der Waals surface area contributed by atoms with Gasteiger partial charge in [0.1, 0.15) is 15.8 Å². The zero-order valence-electron chi connectivity index (χ0n) is 15.3. The van der Waals surface area contributed by atoms with Gasteiger partial charge >= 0.3 is 0 Å². The summed E-state index contributed by atoms with van der Waals surface area (Å²) in [7, 11) is 3.19. The smallest absolute Gasteiger partial charge is 0.266 e. The van der Waals surface area contributed by atoms with Crippen molar-refractivity contribution in [2.45, 2.75) is 6.54 Å². The number of rotatable bonds is 5. The van der Waals surface area contributed by atoms with Crippen molar-refractivity contribution >= 4 is 40.3 Å². The molecule has 2 aliphatic rings. The van der Waals surface area contributed by atoms with Crippen molar-refractivity contribution in [3.63, 3.8) is 0 Å². The number of amides is 1. The Bertz CT molecular complexity index is 971. The van der Waals surface area contributed by atoms with Gasteiger partial charge in [0.15, 0.2) is 11.5 Å². The molecule has 2 heterocycles. The molecule has 28 heavy (non-hydrogen) atoms. The van der Waals surface area contributed by atoms with E-state index >= 15 is 0 Å². The molecule has 8 heteroatoms. The van der Waals surface area contributed by atoms with E-state index in [0.29, 0.717) is 33.0 Å². The van der Waals surface area contributed by atoms with E-state index in [2.05, 4.69) is 0 Å². The summed E-state index contributed by atoms with van der Waals surface area (Å²) in [5.74, 6) is 2.49. The standard InChI is InChI=1S/C20H17NO5S2/c1-23-14-5-3-12(4-6-14)10-21-19(22)18(28-20(21)27)8-13-7-16-17(26-11-25-16)9-15(13)24-2/h3-9H,10-11H2,1-2H3. The molecule has 0 spiro atoms. The minimum Gasteiger partial charge on any atom is -0.497 e. The van der Waals surface area contributed by atoms with Gasteiger partial charge in [-0.1, -0.05) is 36.1 Å². The lowest BCUT2D eigenvalue weighted by Crippen LogP contribution is -2.27. The normalized spacial score (nSPS) is 16.8. The van der Waals surface area contributed by atoms with Crippen LogP contribution < -0.4 is 18.9 Å². The first-order chi connectivity index (χ1) is 13.6. The van der Waals surface area contributed by atoms with Gasteiger partial charge < -0.3 is 18.9 Å². The van der Waals surface area contributed by atoms with Crippen LogP contribution in [0.2, 0.25) is 0 Å². The Kier molecular flexibility index (Phi) is 5.15. The number of carbonyl (C=O) groups is 1. The maximum atomic E-state index is 12.9. The van der Waals surface area contributed by atoms with Crippen LogP contribution in [0.5, 0.6) is 23.0 Å². The third-order valence-corrected chi connectivity index (χ3v) is 5.76. The van der Waals surface area contributed by atoms with Crippen LogP contribution in [0.4, 0.5) is 0 Å². The van der Waals surface area contributed by atoms with E-state index in [4.69, 9.17) is 31.2 Å². The number of hydrogen-bond donors (Lipinski definition) is 0.